The summed E-state index contributed by atoms with van der Waals surface area (Å²) in [5.74, 6) is -0.0829. The van der Waals surface area contributed by atoms with E-state index in [4.69, 9.17) is 15.3 Å². The minimum Gasteiger partial charge on any atom is -0.543 e. The van der Waals surface area contributed by atoms with Crippen LogP contribution in [0.1, 0.15) is 5.56 Å². The van der Waals surface area contributed by atoms with Crippen molar-refractivity contribution >= 4 is 59.5 Å². The summed E-state index contributed by atoms with van der Waals surface area (Å²) in [6, 6.07) is 3.03. The molecular formula is C12H17I2NO3Si. The molecule has 1 atom stereocenters. The Morgan fingerprint density at radius 3 is 2.21 bits per heavy atom. The number of nitrogens with two attached hydrogens (primary N) is 1. The molecule has 0 aromatic heterocycles. The van der Waals surface area contributed by atoms with E-state index in [0.29, 0.717) is 6.42 Å². The van der Waals surface area contributed by atoms with Crippen molar-refractivity contribution < 1.29 is 14.3 Å². The zero-order valence-electron chi connectivity index (χ0n) is 11.0. The number of aliphatic carboxylic acids is 1. The first-order valence-corrected chi connectivity index (χ1v) is 11.3. The summed E-state index contributed by atoms with van der Waals surface area (Å²) in [7, 11) is -1.66. The molecule has 19 heavy (non-hydrogen) atoms. The highest BCUT2D eigenvalue weighted by molar-refractivity contribution is 14.1. The highest BCUT2D eigenvalue weighted by Gasteiger charge is 2.21. The fourth-order valence-corrected chi connectivity index (χ4v) is 4.84. The molecule has 3 N–H and O–H groups in total. The van der Waals surface area contributed by atoms with Crippen molar-refractivity contribution in [3.8, 4) is 5.75 Å². The molecule has 0 amide bonds. The Kier molecular flexibility index (Phi) is 6.08. The predicted octanol–water partition coefficient (Wildman–Crippen LogP) is 3.06. The van der Waals surface area contributed by atoms with Crippen molar-refractivity contribution in [3.63, 3.8) is 0 Å². The lowest BCUT2D eigenvalue weighted by atomic mass is 10.1. The molecule has 0 spiro atoms. The Hall–Kier alpha value is 0.127. The molecule has 0 aliphatic rings. The molecule has 106 valence electrons. The van der Waals surface area contributed by atoms with Gasteiger partial charge in [0, 0.05) is 0 Å². The van der Waals surface area contributed by atoms with Crippen LogP contribution in [0.15, 0.2) is 12.1 Å². The van der Waals surface area contributed by atoms with Crippen LogP contribution in [0.2, 0.25) is 19.6 Å². The normalized spacial score (nSPS) is 13.2. The van der Waals surface area contributed by atoms with Crippen molar-refractivity contribution in [2.75, 3.05) is 0 Å². The maximum absolute atomic E-state index is 10.8. The third kappa shape index (κ3) is 5.56. The van der Waals surface area contributed by atoms with E-state index in [1.807, 2.05) is 12.1 Å². The molecule has 0 aliphatic carbocycles. The van der Waals surface area contributed by atoms with Crippen LogP contribution in [0.25, 0.3) is 0 Å². The molecule has 7 heteroatoms. The summed E-state index contributed by atoms with van der Waals surface area (Å²) >= 11 is 4.44. The number of halogens is 2. The summed E-state index contributed by atoms with van der Waals surface area (Å²) in [6.45, 7) is 6.40. The summed E-state index contributed by atoms with van der Waals surface area (Å²) in [5.41, 5.74) is 6.48. The molecule has 0 bridgehead atoms. The lowest BCUT2D eigenvalue weighted by Gasteiger charge is -2.22. The number of hydrogen-bond acceptors (Lipinski definition) is 3. The van der Waals surface area contributed by atoms with Gasteiger partial charge in [0.2, 0.25) is 8.32 Å². The molecule has 0 unspecified atom stereocenters. The van der Waals surface area contributed by atoms with Crippen LogP contribution in [0.4, 0.5) is 0 Å². The van der Waals surface area contributed by atoms with Gasteiger partial charge < -0.3 is 15.3 Å². The first-order valence-electron chi connectivity index (χ1n) is 5.75. The van der Waals surface area contributed by atoms with Gasteiger partial charge in [0.25, 0.3) is 0 Å². The molecule has 4 nitrogen and oxygen atoms in total. The first-order chi connectivity index (χ1) is 8.60. The van der Waals surface area contributed by atoms with Crippen molar-refractivity contribution in [2.45, 2.75) is 32.1 Å². The second kappa shape index (κ2) is 6.72. The molecule has 1 rings (SSSR count). The van der Waals surface area contributed by atoms with Crippen molar-refractivity contribution in [2.24, 2.45) is 5.73 Å². The topological polar surface area (TPSA) is 72.5 Å². The summed E-state index contributed by atoms with van der Waals surface area (Å²) in [4.78, 5) is 10.8. The van der Waals surface area contributed by atoms with Gasteiger partial charge in [-0.25, -0.2) is 0 Å². The predicted molar refractivity (Wildman–Crippen MR) is 95.2 cm³/mol. The van der Waals surface area contributed by atoms with Crippen molar-refractivity contribution in [1.82, 2.24) is 0 Å². The largest absolute Gasteiger partial charge is 0.543 e. The van der Waals surface area contributed by atoms with Gasteiger partial charge >= 0.3 is 5.97 Å². The lowest BCUT2D eigenvalue weighted by Crippen LogP contribution is -2.32. The van der Waals surface area contributed by atoms with Gasteiger partial charge in [0.05, 0.1) is 7.14 Å². The number of carboxylic acids is 1. The third-order valence-electron chi connectivity index (χ3n) is 2.24. The monoisotopic (exact) mass is 505 g/mol. The maximum Gasteiger partial charge on any atom is 0.320 e. The molecular weight excluding hydrogens is 488 g/mol. The van der Waals surface area contributed by atoms with Crippen LogP contribution in [-0.4, -0.2) is 25.4 Å². The van der Waals surface area contributed by atoms with Crippen LogP contribution < -0.4 is 10.2 Å². The second-order valence-electron chi connectivity index (χ2n) is 5.25. The Morgan fingerprint density at radius 1 is 1.37 bits per heavy atom. The zero-order chi connectivity index (χ0) is 14.8. The van der Waals surface area contributed by atoms with Crippen LogP contribution in [-0.2, 0) is 11.2 Å². The molecule has 0 radical (unpaired) electrons. The van der Waals surface area contributed by atoms with Gasteiger partial charge in [-0.05, 0) is 88.9 Å². The van der Waals surface area contributed by atoms with E-state index in [1.165, 1.54) is 0 Å². The minimum atomic E-state index is -1.66. The van der Waals surface area contributed by atoms with Crippen LogP contribution in [0.3, 0.4) is 0 Å². The molecule has 0 saturated carbocycles. The Morgan fingerprint density at radius 2 is 1.84 bits per heavy atom. The molecule has 0 heterocycles. The molecule has 0 fully saturated rings. The maximum atomic E-state index is 10.8. The fraction of sp³-hybridized carbons (Fsp3) is 0.417. The summed E-state index contributed by atoms with van der Waals surface area (Å²) in [6.07, 6.45) is 0.328. The van der Waals surface area contributed by atoms with Gasteiger partial charge in [0.15, 0.2) is 0 Å². The Balaban J connectivity index is 3.00. The average molecular weight is 505 g/mol. The van der Waals surface area contributed by atoms with Crippen molar-refractivity contribution in [1.29, 1.82) is 0 Å². The third-order valence-corrected chi connectivity index (χ3v) is 4.66. The second-order valence-corrected chi connectivity index (χ2v) is 12.0. The Bertz CT molecular complexity index is 465. The number of hydrogen-bond donors (Lipinski definition) is 2. The number of benzene rings is 1. The van der Waals surface area contributed by atoms with E-state index in [9.17, 15) is 4.79 Å². The first kappa shape index (κ1) is 17.2. The van der Waals surface area contributed by atoms with E-state index < -0.39 is 20.3 Å². The summed E-state index contributed by atoms with van der Waals surface area (Å²) in [5, 5.41) is 8.84. The van der Waals surface area contributed by atoms with E-state index in [1.54, 1.807) is 0 Å². The molecule has 0 aliphatic heterocycles. The Labute approximate surface area is 141 Å². The lowest BCUT2D eigenvalue weighted by molar-refractivity contribution is -0.138. The minimum absolute atomic E-state index is 0.328. The fourth-order valence-electron chi connectivity index (χ4n) is 1.48. The van der Waals surface area contributed by atoms with Gasteiger partial charge in [-0.1, -0.05) is 0 Å². The molecule has 1 aromatic carbocycles. The number of rotatable bonds is 5. The average Bonchev–Trinajstić information content (AvgIpc) is 2.22. The van der Waals surface area contributed by atoms with E-state index >= 15 is 0 Å². The number of carbonyl (C=O) groups is 1. The highest BCUT2D eigenvalue weighted by atomic mass is 127. The standard InChI is InChI=1S/C12H17I2NO3Si/c1-19(2,3)18-11-8(13)4-7(5-9(11)14)6-10(15)12(16)17/h4-5,10H,6,15H2,1-3H3,(H,16,17)/t10-/m0/s1. The van der Waals surface area contributed by atoms with E-state index in [-0.39, 0.29) is 0 Å². The zero-order valence-corrected chi connectivity index (χ0v) is 16.4. The molecule has 0 saturated heterocycles. The van der Waals surface area contributed by atoms with Gasteiger partial charge in [-0.15, -0.1) is 0 Å². The SMILES string of the molecule is C[Si](C)(C)Oc1c(I)cc(C[C@H](N)C(=O)O)cc1I. The summed E-state index contributed by atoms with van der Waals surface area (Å²) < 4.78 is 8.05. The van der Waals surface area contributed by atoms with Gasteiger partial charge in [-0.3, -0.25) is 4.79 Å². The van der Waals surface area contributed by atoms with Crippen LogP contribution in [0.5, 0.6) is 5.75 Å². The van der Waals surface area contributed by atoms with Gasteiger partial charge in [-0.2, -0.15) is 0 Å². The van der Waals surface area contributed by atoms with Gasteiger partial charge in [0.1, 0.15) is 11.8 Å². The smallest absolute Gasteiger partial charge is 0.320 e. The van der Waals surface area contributed by atoms with E-state index in [0.717, 1.165) is 18.5 Å². The van der Waals surface area contributed by atoms with Crippen LogP contribution in [0, 0.1) is 7.14 Å². The highest BCUT2D eigenvalue weighted by Crippen LogP contribution is 2.31. The number of carboxylic acid groups (broad SMARTS) is 1. The molecule has 1 aromatic rings. The van der Waals surface area contributed by atoms with Crippen LogP contribution >= 0.6 is 45.2 Å². The van der Waals surface area contributed by atoms with E-state index in [2.05, 4.69) is 64.8 Å². The quantitative estimate of drug-likeness (QED) is 0.477. The van der Waals surface area contributed by atoms with Crippen molar-refractivity contribution in [3.05, 3.63) is 24.8 Å².